The monoisotopic (exact) mass is 408 g/mol. The Hall–Kier alpha value is -3.99. The molecule has 0 N–H and O–H groups in total. The molecule has 3 aromatic rings. The molecule has 0 aliphatic heterocycles. The molecular weight excluding hydrogens is 388 g/mol. The van der Waals surface area contributed by atoms with Crippen molar-refractivity contribution in [3.8, 4) is 17.6 Å². The van der Waals surface area contributed by atoms with E-state index >= 15 is 0 Å². The number of esters is 1. The zero-order valence-electron chi connectivity index (χ0n) is 16.4. The summed E-state index contributed by atoms with van der Waals surface area (Å²) in [6, 6.07) is 14.1. The van der Waals surface area contributed by atoms with Crippen LogP contribution in [0.5, 0.6) is 11.5 Å². The highest BCUT2D eigenvalue weighted by Gasteiger charge is 2.08. The highest BCUT2D eigenvalue weighted by Crippen LogP contribution is 2.28. The van der Waals surface area contributed by atoms with Crippen LogP contribution in [0, 0.1) is 11.3 Å². The third-order valence-corrected chi connectivity index (χ3v) is 4.24. The van der Waals surface area contributed by atoms with Gasteiger partial charge < -0.3 is 18.6 Å². The lowest BCUT2D eigenvalue weighted by atomic mass is 10.2. The van der Waals surface area contributed by atoms with Crippen molar-refractivity contribution in [2.45, 2.75) is 13.0 Å². The fourth-order valence-electron chi connectivity index (χ4n) is 2.85. The molecule has 0 saturated heterocycles. The molecule has 0 amide bonds. The minimum absolute atomic E-state index is 0.0847. The Bertz CT molecular complexity index is 1150. The molecular formula is C22H20N2O6. The highest BCUT2D eigenvalue weighted by molar-refractivity contribution is 5.87. The van der Waals surface area contributed by atoms with E-state index < -0.39 is 11.7 Å². The maximum Gasteiger partial charge on any atom is 0.419 e. The van der Waals surface area contributed by atoms with Crippen LogP contribution in [0.1, 0.15) is 12.0 Å². The molecule has 154 valence electrons. The van der Waals surface area contributed by atoms with E-state index in [0.717, 1.165) is 0 Å². The number of aromatic nitrogens is 1. The Morgan fingerprint density at radius 1 is 1.23 bits per heavy atom. The van der Waals surface area contributed by atoms with Gasteiger partial charge >= 0.3 is 11.7 Å². The Morgan fingerprint density at radius 3 is 2.87 bits per heavy atom. The Balaban J connectivity index is 1.51. The fourth-order valence-corrected chi connectivity index (χ4v) is 2.85. The molecule has 0 unspecified atom stereocenters. The van der Waals surface area contributed by atoms with Gasteiger partial charge in [-0.25, -0.2) is 9.59 Å². The summed E-state index contributed by atoms with van der Waals surface area (Å²) < 4.78 is 22.3. The van der Waals surface area contributed by atoms with Gasteiger partial charge in [-0.2, -0.15) is 5.26 Å². The van der Waals surface area contributed by atoms with Crippen molar-refractivity contribution >= 4 is 23.1 Å². The van der Waals surface area contributed by atoms with E-state index in [-0.39, 0.29) is 13.2 Å². The van der Waals surface area contributed by atoms with Crippen LogP contribution in [0.25, 0.3) is 17.2 Å². The van der Waals surface area contributed by atoms with E-state index in [9.17, 15) is 9.59 Å². The number of oxazole rings is 1. The molecule has 8 heteroatoms. The summed E-state index contributed by atoms with van der Waals surface area (Å²) in [6.07, 6.45) is 3.37. The van der Waals surface area contributed by atoms with Gasteiger partial charge in [0.2, 0.25) is 0 Å². The molecule has 0 bridgehead atoms. The van der Waals surface area contributed by atoms with E-state index in [4.69, 9.17) is 23.9 Å². The standard InChI is InChI=1S/C22H20N2O6/c1-27-20-15-16(7-9-19(20)28-14-11-23)8-10-21(25)29-13-4-12-24-17-5-2-3-6-18(17)30-22(24)26/h2-3,5-10,15H,4,12-14H2,1H3/b10-8+. The number of methoxy groups -OCH3 is 1. The second-order valence-corrected chi connectivity index (χ2v) is 6.20. The van der Waals surface area contributed by atoms with Crippen LogP contribution in [-0.2, 0) is 16.1 Å². The lowest BCUT2D eigenvalue weighted by Gasteiger charge is -2.08. The lowest BCUT2D eigenvalue weighted by molar-refractivity contribution is -0.137. The number of ether oxygens (including phenoxy) is 3. The number of nitrogens with zero attached hydrogens (tertiary/aromatic N) is 2. The molecule has 2 aromatic carbocycles. The van der Waals surface area contributed by atoms with E-state index in [2.05, 4.69) is 0 Å². The van der Waals surface area contributed by atoms with E-state index in [0.29, 0.717) is 41.1 Å². The minimum atomic E-state index is -0.497. The molecule has 1 aromatic heterocycles. The van der Waals surface area contributed by atoms with Crippen LogP contribution < -0.4 is 15.2 Å². The number of hydrogen-bond acceptors (Lipinski definition) is 7. The van der Waals surface area contributed by atoms with Crippen molar-refractivity contribution < 1.29 is 23.4 Å². The predicted octanol–water partition coefficient (Wildman–Crippen LogP) is 3.15. The van der Waals surface area contributed by atoms with Gasteiger partial charge in [0.25, 0.3) is 0 Å². The highest BCUT2D eigenvalue weighted by atomic mass is 16.5. The first kappa shape index (κ1) is 20.7. The number of rotatable bonds is 9. The first-order valence-electron chi connectivity index (χ1n) is 9.23. The molecule has 0 atom stereocenters. The summed E-state index contributed by atoms with van der Waals surface area (Å²) in [6.45, 7) is 0.464. The van der Waals surface area contributed by atoms with Gasteiger partial charge in [0, 0.05) is 12.6 Å². The van der Waals surface area contributed by atoms with Gasteiger partial charge in [0.15, 0.2) is 23.7 Å². The first-order valence-corrected chi connectivity index (χ1v) is 9.23. The van der Waals surface area contributed by atoms with Crippen LogP contribution in [0.2, 0.25) is 0 Å². The molecule has 8 nitrogen and oxygen atoms in total. The third-order valence-electron chi connectivity index (χ3n) is 4.24. The third kappa shape index (κ3) is 5.08. The number of para-hydroxylation sites is 2. The first-order chi connectivity index (χ1) is 14.6. The van der Waals surface area contributed by atoms with Crippen molar-refractivity contribution in [3.05, 3.63) is 64.7 Å². The molecule has 3 rings (SSSR count). The zero-order chi connectivity index (χ0) is 21.3. The Kier molecular flexibility index (Phi) is 6.90. The quantitative estimate of drug-likeness (QED) is 0.304. The number of benzene rings is 2. The van der Waals surface area contributed by atoms with E-state index in [1.165, 1.54) is 17.8 Å². The molecule has 0 spiro atoms. The topological polar surface area (TPSA) is 104 Å². The maximum atomic E-state index is 11.9. The van der Waals surface area contributed by atoms with Crippen LogP contribution in [0.4, 0.5) is 0 Å². The van der Waals surface area contributed by atoms with Crippen molar-refractivity contribution in [1.29, 1.82) is 5.26 Å². The normalized spacial score (nSPS) is 10.8. The smallest absolute Gasteiger partial charge is 0.419 e. The summed E-state index contributed by atoms with van der Waals surface area (Å²) in [4.78, 5) is 23.8. The SMILES string of the molecule is COc1cc(/C=C/C(=O)OCCCn2c(=O)oc3ccccc32)ccc1OCC#N. The average molecular weight is 408 g/mol. The second kappa shape index (κ2) is 9.98. The average Bonchev–Trinajstić information content (AvgIpc) is 3.09. The van der Waals surface area contributed by atoms with Crippen molar-refractivity contribution in [2.75, 3.05) is 20.3 Å². The van der Waals surface area contributed by atoms with Crippen LogP contribution in [0.15, 0.2) is 57.8 Å². The predicted molar refractivity (Wildman–Crippen MR) is 109 cm³/mol. The molecule has 0 aliphatic rings. The van der Waals surface area contributed by atoms with E-state index in [1.54, 1.807) is 42.5 Å². The van der Waals surface area contributed by atoms with Gasteiger partial charge in [-0.15, -0.1) is 0 Å². The number of hydrogen-bond donors (Lipinski definition) is 0. The Labute approximate surface area is 172 Å². The van der Waals surface area contributed by atoms with Crippen LogP contribution in [0.3, 0.4) is 0 Å². The summed E-state index contributed by atoms with van der Waals surface area (Å²) in [5.74, 6) is -0.0268. The number of fused-ring (bicyclic) bond motifs is 1. The summed E-state index contributed by atoms with van der Waals surface area (Å²) in [5, 5.41) is 8.59. The van der Waals surface area contributed by atoms with Gasteiger partial charge in [0.1, 0.15) is 6.07 Å². The van der Waals surface area contributed by atoms with Crippen molar-refractivity contribution in [3.63, 3.8) is 0 Å². The van der Waals surface area contributed by atoms with Crippen LogP contribution >= 0.6 is 0 Å². The van der Waals surface area contributed by atoms with Gasteiger partial charge in [-0.3, -0.25) is 4.57 Å². The number of carbonyl (C=O) groups is 1. The molecule has 1 heterocycles. The second-order valence-electron chi connectivity index (χ2n) is 6.20. The van der Waals surface area contributed by atoms with Gasteiger partial charge in [0.05, 0.1) is 19.2 Å². The Morgan fingerprint density at radius 2 is 2.07 bits per heavy atom. The molecule has 0 fully saturated rings. The minimum Gasteiger partial charge on any atom is -0.493 e. The van der Waals surface area contributed by atoms with E-state index in [1.807, 2.05) is 12.1 Å². The van der Waals surface area contributed by atoms with Crippen LogP contribution in [-0.4, -0.2) is 30.9 Å². The number of carbonyl (C=O) groups excluding carboxylic acids is 1. The number of nitriles is 1. The maximum absolute atomic E-state index is 11.9. The molecule has 0 radical (unpaired) electrons. The van der Waals surface area contributed by atoms with Gasteiger partial charge in [-0.05, 0) is 42.3 Å². The van der Waals surface area contributed by atoms with Gasteiger partial charge in [-0.1, -0.05) is 18.2 Å². The lowest BCUT2D eigenvalue weighted by Crippen LogP contribution is -2.15. The molecule has 0 saturated carbocycles. The largest absolute Gasteiger partial charge is 0.493 e. The van der Waals surface area contributed by atoms with Crippen molar-refractivity contribution in [2.24, 2.45) is 0 Å². The number of aryl methyl sites for hydroxylation is 1. The molecule has 0 aliphatic carbocycles. The summed E-state index contributed by atoms with van der Waals surface area (Å²) in [7, 11) is 1.49. The van der Waals surface area contributed by atoms with Crippen molar-refractivity contribution in [1.82, 2.24) is 4.57 Å². The fraction of sp³-hybridized carbons (Fsp3) is 0.227. The zero-order valence-corrected chi connectivity index (χ0v) is 16.4. The molecule has 30 heavy (non-hydrogen) atoms. The summed E-state index contributed by atoms with van der Waals surface area (Å²) >= 11 is 0. The summed E-state index contributed by atoms with van der Waals surface area (Å²) in [5.41, 5.74) is 1.95.